The summed E-state index contributed by atoms with van der Waals surface area (Å²) < 4.78 is 12.0. The van der Waals surface area contributed by atoms with Crippen molar-refractivity contribution in [3.8, 4) is 6.07 Å². The number of ether oxygens (including phenoxy) is 2. The molecule has 164 valence electrons. The highest BCUT2D eigenvalue weighted by Gasteiger charge is 2.80. The summed E-state index contributed by atoms with van der Waals surface area (Å²) in [6.07, 6.45) is 6.71. The molecule has 0 spiro atoms. The first-order valence-electron chi connectivity index (χ1n) is 12.0. The van der Waals surface area contributed by atoms with E-state index in [2.05, 4.69) is 26.8 Å². The molecule has 1 aliphatic heterocycles. The molecule has 0 aromatic rings. The van der Waals surface area contributed by atoms with Crippen molar-refractivity contribution in [2.24, 2.45) is 46.3 Å². The number of carbonyl (C=O) groups is 1. The SMILES string of the molecule is CC(C)C1=C(COC2CCCCO2)C2CC3(C#N)C4CCC(C)C4CC2C13C(=O)O. The Kier molecular flexibility index (Phi) is 4.83. The van der Waals surface area contributed by atoms with Gasteiger partial charge in [0.05, 0.1) is 18.1 Å². The molecular formula is C25H35NO4. The Bertz CT molecular complexity index is 806. The van der Waals surface area contributed by atoms with Gasteiger partial charge in [-0.2, -0.15) is 5.26 Å². The van der Waals surface area contributed by atoms with Gasteiger partial charge in [-0.25, -0.2) is 0 Å². The van der Waals surface area contributed by atoms with Crippen LogP contribution in [-0.2, 0) is 14.3 Å². The van der Waals surface area contributed by atoms with Crippen molar-refractivity contribution in [1.29, 1.82) is 5.26 Å². The highest BCUT2D eigenvalue weighted by molar-refractivity contribution is 5.85. The maximum Gasteiger partial charge on any atom is 0.315 e. The van der Waals surface area contributed by atoms with Crippen LogP contribution in [0.1, 0.15) is 65.7 Å². The first kappa shape index (κ1) is 20.5. The topological polar surface area (TPSA) is 79.5 Å². The Labute approximate surface area is 179 Å². The molecule has 1 saturated heterocycles. The number of nitrogens with zero attached hydrogens (tertiary/aromatic N) is 1. The van der Waals surface area contributed by atoms with Gasteiger partial charge in [-0.15, -0.1) is 0 Å². The van der Waals surface area contributed by atoms with E-state index in [1.807, 2.05) is 0 Å². The summed E-state index contributed by atoms with van der Waals surface area (Å²) in [5, 5.41) is 21.4. The average Bonchev–Trinajstić information content (AvgIpc) is 3.30. The van der Waals surface area contributed by atoms with Gasteiger partial charge in [0.25, 0.3) is 0 Å². The lowest BCUT2D eigenvalue weighted by atomic mass is 9.47. The molecule has 8 atom stereocenters. The highest BCUT2D eigenvalue weighted by atomic mass is 16.7. The summed E-state index contributed by atoms with van der Waals surface area (Å²) in [5.41, 5.74) is 0.418. The lowest BCUT2D eigenvalue weighted by Gasteiger charge is -2.53. The third-order valence-electron chi connectivity index (χ3n) is 9.52. The number of nitriles is 1. The van der Waals surface area contributed by atoms with Gasteiger partial charge in [0, 0.05) is 6.61 Å². The lowest BCUT2D eigenvalue weighted by molar-refractivity contribution is -0.162. The van der Waals surface area contributed by atoms with Crippen molar-refractivity contribution in [3.05, 3.63) is 11.1 Å². The van der Waals surface area contributed by atoms with Gasteiger partial charge < -0.3 is 14.6 Å². The van der Waals surface area contributed by atoms with Crippen molar-refractivity contribution in [3.63, 3.8) is 0 Å². The third-order valence-corrected chi connectivity index (χ3v) is 9.52. The molecule has 1 N–H and O–H groups in total. The zero-order valence-electron chi connectivity index (χ0n) is 18.5. The molecule has 0 aromatic heterocycles. The summed E-state index contributed by atoms with van der Waals surface area (Å²) in [7, 11) is 0. The quantitative estimate of drug-likeness (QED) is 0.656. The van der Waals surface area contributed by atoms with Crippen LogP contribution >= 0.6 is 0 Å². The smallest absolute Gasteiger partial charge is 0.315 e. The molecule has 4 bridgehead atoms. The molecule has 0 amide bonds. The molecule has 4 fully saturated rings. The van der Waals surface area contributed by atoms with Crippen molar-refractivity contribution in [2.75, 3.05) is 13.2 Å². The fourth-order valence-corrected chi connectivity index (χ4v) is 8.61. The maximum atomic E-state index is 13.1. The van der Waals surface area contributed by atoms with E-state index in [-0.39, 0.29) is 30.0 Å². The van der Waals surface area contributed by atoms with Gasteiger partial charge in [0.15, 0.2) is 6.29 Å². The predicted octanol–water partition coefficient (Wildman–Crippen LogP) is 4.78. The van der Waals surface area contributed by atoms with E-state index >= 15 is 0 Å². The van der Waals surface area contributed by atoms with E-state index in [1.54, 1.807) is 0 Å². The standard InChI is InChI=1S/C25H35NO4/c1-14(2)22-18(12-30-21-6-4-5-9-29-21)17-11-24(13-26)19-8-7-15(3)16(19)10-20(17)25(22,24)23(27)28/h14-17,19-21H,4-12H2,1-3H3,(H,27,28). The minimum atomic E-state index is -1.03. The average molecular weight is 414 g/mol. The number of hydrogen-bond acceptors (Lipinski definition) is 4. The summed E-state index contributed by atoms with van der Waals surface area (Å²) in [6, 6.07) is 2.68. The molecule has 5 heteroatoms. The monoisotopic (exact) mass is 413 g/mol. The number of carboxylic acid groups (broad SMARTS) is 1. The number of aliphatic carboxylic acids is 1. The second kappa shape index (κ2) is 7.07. The Morgan fingerprint density at radius 3 is 2.73 bits per heavy atom. The first-order valence-corrected chi connectivity index (χ1v) is 12.0. The van der Waals surface area contributed by atoms with E-state index in [9.17, 15) is 15.2 Å². The van der Waals surface area contributed by atoms with E-state index in [4.69, 9.17) is 9.47 Å². The normalized spacial score (nSPS) is 46.9. The molecule has 8 unspecified atom stereocenters. The largest absolute Gasteiger partial charge is 0.481 e. The van der Waals surface area contributed by atoms with Crippen LogP contribution in [0.5, 0.6) is 0 Å². The lowest BCUT2D eigenvalue weighted by Crippen LogP contribution is -2.57. The molecule has 4 aliphatic carbocycles. The van der Waals surface area contributed by atoms with E-state index in [0.717, 1.165) is 50.7 Å². The van der Waals surface area contributed by atoms with E-state index in [1.165, 1.54) is 5.57 Å². The van der Waals surface area contributed by atoms with Crippen LogP contribution in [0.25, 0.3) is 0 Å². The van der Waals surface area contributed by atoms with Crippen molar-refractivity contribution >= 4 is 5.97 Å². The second-order valence-electron chi connectivity index (χ2n) is 10.9. The number of hydrogen-bond donors (Lipinski definition) is 1. The molecule has 3 saturated carbocycles. The van der Waals surface area contributed by atoms with Crippen LogP contribution in [0.4, 0.5) is 0 Å². The first-order chi connectivity index (χ1) is 14.4. The minimum absolute atomic E-state index is 0.0414. The Morgan fingerprint density at radius 1 is 1.30 bits per heavy atom. The predicted molar refractivity (Wildman–Crippen MR) is 111 cm³/mol. The van der Waals surface area contributed by atoms with Crippen LogP contribution in [0.2, 0.25) is 0 Å². The Hall–Kier alpha value is -1.38. The summed E-state index contributed by atoms with van der Waals surface area (Å²) in [6.45, 7) is 7.71. The van der Waals surface area contributed by atoms with E-state index < -0.39 is 16.8 Å². The van der Waals surface area contributed by atoms with Gasteiger partial charge in [0.2, 0.25) is 0 Å². The zero-order chi connectivity index (χ0) is 21.3. The fraction of sp³-hybridized carbons (Fsp3) is 0.840. The minimum Gasteiger partial charge on any atom is -0.481 e. The second-order valence-corrected chi connectivity index (χ2v) is 10.9. The molecule has 5 nitrogen and oxygen atoms in total. The molecule has 0 radical (unpaired) electrons. The zero-order valence-corrected chi connectivity index (χ0v) is 18.5. The van der Waals surface area contributed by atoms with Crippen LogP contribution in [0.15, 0.2) is 11.1 Å². The van der Waals surface area contributed by atoms with Crippen LogP contribution < -0.4 is 0 Å². The third kappa shape index (κ3) is 2.38. The van der Waals surface area contributed by atoms with Crippen molar-refractivity contribution < 1.29 is 19.4 Å². The van der Waals surface area contributed by atoms with Gasteiger partial charge >= 0.3 is 5.97 Å². The number of carboxylic acids is 1. The highest BCUT2D eigenvalue weighted by Crippen LogP contribution is 2.79. The van der Waals surface area contributed by atoms with Crippen molar-refractivity contribution in [1.82, 2.24) is 0 Å². The van der Waals surface area contributed by atoms with E-state index in [0.29, 0.717) is 24.9 Å². The summed E-state index contributed by atoms with van der Waals surface area (Å²) in [5.74, 6) is 0.839. The molecule has 0 aromatic carbocycles. The van der Waals surface area contributed by atoms with Crippen LogP contribution in [0.3, 0.4) is 0 Å². The van der Waals surface area contributed by atoms with Gasteiger partial charge in [-0.1, -0.05) is 27.2 Å². The number of fused-ring (bicyclic) bond motifs is 2. The van der Waals surface area contributed by atoms with Crippen molar-refractivity contribution in [2.45, 2.75) is 72.0 Å². The fourth-order valence-electron chi connectivity index (χ4n) is 8.61. The molecule has 30 heavy (non-hydrogen) atoms. The molecular weight excluding hydrogens is 378 g/mol. The van der Waals surface area contributed by atoms with Crippen LogP contribution in [-0.4, -0.2) is 30.6 Å². The molecule has 1 heterocycles. The number of rotatable bonds is 5. The van der Waals surface area contributed by atoms with Gasteiger partial charge in [-0.3, -0.25) is 4.79 Å². The maximum absolute atomic E-state index is 13.1. The summed E-state index contributed by atoms with van der Waals surface area (Å²) in [4.78, 5) is 13.1. The van der Waals surface area contributed by atoms with Crippen LogP contribution in [0, 0.1) is 57.7 Å². The Balaban J connectivity index is 1.58. The summed E-state index contributed by atoms with van der Waals surface area (Å²) >= 11 is 0. The van der Waals surface area contributed by atoms with Gasteiger partial charge in [0.1, 0.15) is 5.41 Å². The Morgan fingerprint density at radius 2 is 2.10 bits per heavy atom. The van der Waals surface area contributed by atoms with Gasteiger partial charge in [-0.05, 0) is 85.2 Å². The molecule has 5 aliphatic rings. The molecule has 5 rings (SSSR count).